The maximum absolute atomic E-state index is 3.40. The predicted octanol–water partition coefficient (Wildman–Crippen LogP) is 2.49. The van der Waals surface area contributed by atoms with Crippen LogP contribution < -0.4 is 5.32 Å². The summed E-state index contributed by atoms with van der Waals surface area (Å²) in [5.41, 5.74) is 4.21. The van der Waals surface area contributed by atoms with Gasteiger partial charge in [-0.05, 0) is 45.8 Å². The van der Waals surface area contributed by atoms with Crippen LogP contribution in [0.3, 0.4) is 0 Å². The van der Waals surface area contributed by atoms with Crippen molar-refractivity contribution in [2.45, 2.75) is 39.3 Å². The van der Waals surface area contributed by atoms with Crippen LogP contribution in [0.4, 0.5) is 0 Å². The molecule has 2 rings (SSSR count). The van der Waals surface area contributed by atoms with Crippen molar-refractivity contribution in [3.8, 4) is 0 Å². The molecule has 1 atom stereocenters. The molecule has 17 heavy (non-hydrogen) atoms. The van der Waals surface area contributed by atoms with E-state index < -0.39 is 0 Å². The summed E-state index contributed by atoms with van der Waals surface area (Å²) in [5, 5.41) is 3.40. The number of benzene rings is 1. The third-order valence-corrected chi connectivity index (χ3v) is 3.60. The van der Waals surface area contributed by atoms with Crippen LogP contribution in [0.1, 0.15) is 29.5 Å². The first-order valence-electron chi connectivity index (χ1n) is 6.64. The summed E-state index contributed by atoms with van der Waals surface area (Å²) in [4.78, 5) is 2.57. The van der Waals surface area contributed by atoms with E-state index in [1.807, 2.05) is 0 Å². The standard InChI is InChI=1S/C15H24N2/c1-12-7-13(2)9-14(8-12)10-17-6-4-5-15(11-17)16-3/h7-9,15-16H,4-6,10-11H2,1-3H3. The second-order valence-corrected chi connectivity index (χ2v) is 5.36. The van der Waals surface area contributed by atoms with Crippen LogP contribution in [-0.4, -0.2) is 31.1 Å². The molecule has 0 aliphatic carbocycles. The Labute approximate surface area is 105 Å². The lowest BCUT2D eigenvalue weighted by atomic mass is 10.0. The fourth-order valence-corrected chi connectivity index (χ4v) is 2.85. The topological polar surface area (TPSA) is 15.3 Å². The number of likely N-dealkylation sites (tertiary alicyclic amines) is 1. The average Bonchev–Trinajstić information content (AvgIpc) is 2.28. The van der Waals surface area contributed by atoms with Crippen molar-refractivity contribution in [1.29, 1.82) is 0 Å². The summed E-state index contributed by atoms with van der Waals surface area (Å²) in [6, 6.07) is 7.55. The van der Waals surface area contributed by atoms with Crippen molar-refractivity contribution >= 4 is 0 Å². The number of hydrogen-bond donors (Lipinski definition) is 1. The third kappa shape index (κ3) is 3.55. The van der Waals surface area contributed by atoms with Crippen molar-refractivity contribution in [1.82, 2.24) is 10.2 Å². The number of piperidine rings is 1. The number of likely N-dealkylation sites (N-methyl/N-ethyl adjacent to an activating group) is 1. The van der Waals surface area contributed by atoms with E-state index in [-0.39, 0.29) is 0 Å². The minimum Gasteiger partial charge on any atom is -0.316 e. The van der Waals surface area contributed by atoms with Gasteiger partial charge in [0.1, 0.15) is 0 Å². The zero-order chi connectivity index (χ0) is 12.3. The molecule has 94 valence electrons. The Balaban J connectivity index is 2.00. The van der Waals surface area contributed by atoms with Crippen LogP contribution in [0.25, 0.3) is 0 Å². The first-order valence-corrected chi connectivity index (χ1v) is 6.64. The highest BCUT2D eigenvalue weighted by molar-refractivity contribution is 5.28. The summed E-state index contributed by atoms with van der Waals surface area (Å²) < 4.78 is 0. The van der Waals surface area contributed by atoms with E-state index in [4.69, 9.17) is 0 Å². The molecule has 2 nitrogen and oxygen atoms in total. The predicted molar refractivity (Wildman–Crippen MR) is 73.3 cm³/mol. The van der Waals surface area contributed by atoms with Gasteiger partial charge in [0.05, 0.1) is 0 Å². The van der Waals surface area contributed by atoms with E-state index in [0.29, 0.717) is 6.04 Å². The Kier molecular flexibility index (Phi) is 4.19. The minimum absolute atomic E-state index is 0.676. The van der Waals surface area contributed by atoms with Crippen molar-refractivity contribution in [2.24, 2.45) is 0 Å². The molecule has 0 radical (unpaired) electrons. The Bertz CT molecular complexity index is 353. The van der Waals surface area contributed by atoms with Gasteiger partial charge in [-0.25, -0.2) is 0 Å². The number of rotatable bonds is 3. The molecular weight excluding hydrogens is 208 g/mol. The molecule has 0 bridgehead atoms. The van der Waals surface area contributed by atoms with Crippen molar-refractivity contribution in [3.63, 3.8) is 0 Å². The summed E-state index contributed by atoms with van der Waals surface area (Å²) in [6.45, 7) is 7.89. The molecule has 0 aromatic heterocycles. The highest BCUT2D eigenvalue weighted by Crippen LogP contribution is 2.15. The van der Waals surface area contributed by atoms with Crippen LogP contribution in [0, 0.1) is 13.8 Å². The molecule has 1 saturated heterocycles. The number of nitrogens with zero attached hydrogens (tertiary/aromatic N) is 1. The second kappa shape index (κ2) is 5.65. The monoisotopic (exact) mass is 232 g/mol. The molecule has 1 unspecified atom stereocenters. The molecule has 1 heterocycles. The van der Waals surface area contributed by atoms with E-state index >= 15 is 0 Å². The van der Waals surface area contributed by atoms with Gasteiger partial charge in [-0.3, -0.25) is 4.90 Å². The van der Waals surface area contributed by atoms with Gasteiger partial charge in [-0.15, -0.1) is 0 Å². The Hall–Kier alpha value is -0.860. The molecule has 1 aromatic rings. The number of aryl methyl sites for hydroxylation is 2. The summed E-state index contributed by atoms with van der Waals surface area (Å²) in [7, 11) is 2.07. The molecule has 2 heteroatoms. The van der Waals surface area contributed by atoms with Gasteiger partial charge in [-0.2, -0.15) is 0 Å². The first-order chi connectivity index (χ1) is 8.17. The SMILES string of the molecule is CNC1CCCN(Cc2cc(C)cc(C)c2)C1. The zero-order valence-electron chi connectivity index (χ0n) is 11.3. The van der Waals surface area contributed by atoms with Crippen LogP contribution in [0.2, 0.25) is 0 Å². The normalized spacial score (nSPS) is 21.7. The van der Waals surface area contributed by atoms with E-state index in [9.17, 15) is 0 Å². The van der Waals surface area contributed by atoms with Crippen LogP contribution in [0.15, 0.2) is 18.2 Å². The maximum Gasteiger partial charge on any atom is 0.0234 e. The number of nitrogens with one attached hydrogen (secondary N) is 1. The molecule has 1 aliphatic heterocycles. The van der Waals surface area contributed by atoms with Crippen LogP contribution in [0.5, 0.6) is 0 Å². The average molecular weight is 232 g/mol. The van der Waals surface area contributed by atoms with Gasteiger partial charge < -0.3 is 5.32 Å². The maximum atomic E-state index is 3.40. The lowest BCUT2D eigenvalue weighted by molar-refractivity contribution is 0.188. The quantitative estimate of drug-likeness (QED) is 0.861. The van der Waals surface area contributed by atoms with E-state index in [2.05, 4.69) is 49.3 Å². The molecule has 0 amide bonds. The lowest BCUT2D eigenvalue weighted by Gasteiger charge is -2.32. The lowest BCUT2D eigenvalue weighted by Crippen LogP contribution is -2.43. The van der Waals surface area contributed by atoms with Crippen LogP contribution in [-0.2, 0) is 6.54 Å². The van der Waals surface area contributed by atoms with E-state index in [1.165, 1.54) is 42.6 Å². The smallest absolute Gasteiger partial charge is 0.0234 e. The fraction of sp³-hybridized carbons (Fsp3) is 0.600. The molecule has 1 N–H and O–H groups in total. The summed E-state index contributed by atoms with van der Waals surface area (Å²) >= 11 is 0. The molecule has 1 aromatic carbocycles. The second-order valence-electron chi connectivity index (χ2n) is 5.36. The number of hydrogen-bond acceptors (Lipinski definition) is 2. The Morgan fingerprint density at radius 1 is 1.24 bits per heavy atom. The van der Waals surface area contributed by atoms with Gasteiger partial charge in [-0.1, -0.05) is 29.3 Å². The fourth-order valence-electron chi connectivity index (χ4n) is 2.85. The van der Waals surface area contributed by atoms with Gasteiger partial charge in [0, 0.05) is 19.1 Å². The van der Waals surface area contributed by atoms with Gasteiger partial charge in [0.2, 0.25) is 0 Å². The van der Waals surface area contributed by atoms with E-state index in [1.54, 1.807) is 0 Å². The largest absolute Gasteiger partial charge is 0.316 e. The summed E-state index contributed by atoms with van der Waals surface area (Å²) in [6.07, 6.45) is 2.64. The van der Waals surface area contributed by atoms with Crippen molar-refractivity contribution in [2.75, 3.05) is 20.1 Å². The minimum atomic E-state index is 0.676. The summed E-state index contributed by atoms with van der Waals surface area (Å²) in [5.74, 6) is 0. The highest BCUT2D eigenvalue weighted by Gasteiger charge is 2.18. The highest BCUT2D eigenvalue weighted by atomic mass is 15.2. The molecule has 1 aliphatic rings. The third-order valence-electron chi connectivity index (χ3n) is 3.60. The van der Waals surface area contributed by atoms with Gasteiger partial charge in [0.15, 0.2) is 0 Å². The first kappa shape index (κ1) is 12.6. The molecular formula is C15H24N2. The zero-order valence-corrected chi connectivity index (χ0v) is 11.3. The van der Waals surface area contributed by atoms with E-state index in [0.717, 1.165) is 6.54 Å². The van der Waals surface area contributed by atoms with Crippen LogP contribution >= 0.6 is 0 Å². The molecule has 0 spiro atoms. The molecule has 0 saturated carbocycles. The van der Waals surface area contributed by atoms with Gasteiger partial charge in [0.25, 0.3) is 0 Å². The van der Waals surface area contributed by atoms with Crippen molar-refractivity contribution < 1.29 is 0 Å². The van der Waals surface area contributed by atoms with Crippen molar-refractivity contribution in [3.05, 3.63) is 34.9 Å². The Morgan fingerprint density at radius 3 is 2.59 bits per heavy atom. The molecule has 1 fully saturated rings. The van der Waals surface area contributed by atoms with Gasteiger partial charge >= 0.3 is 0 Å². The Morgan fingerprint density at radius 2 is 1.94 bits per heavy atom.